The lowest BCUT2D eigenvalue weighted by atomic mass is 9.73. The van der Waals surface area contributed by atoms with E-state index in [9.17, 15) is 0 Å². The molecule has 31 heavy (non-hydrogen) atoms. The van der Waals surface area contributed by atoms with Gasteiger partial charge in [0.2, 0.25) is 0 Å². The first-order valence-electron chi connectivity index (χ1n) is 10.7. The predicted molar refractivity (Wildman–Crippen MR) is 117 cm³/mol. The second-order valence-corrected chi connectivity index (χ2v) is 8.67. The first kappa shape index (κ1) is 18.4. The zero-order valence-corrected chi connectivity index (χ0v) is 17.4. The van der Waals surface area contributed by atoms with Gasteiger partial charge in [0.25, 0.3) is 0 Å². The van der Waals surface area contributed by atoms with E-state index in [1.54, 1.807) is 12.4 Å². The van der Waals surface area contributed by atoms with Crippen molar-refractivity contribution < 1.29 is 0 Å². The lowest BCUT2D eigenvalue weighted by molar-refractivity contribution is 0.187. The zero-order valence-electron chi connectivity index (χ0n) is 17.4. The van der Waals surface area contributed by atoms with Crippen LogP contribution in [0.2, 0.25) is 0 Å². The Labute approximate surface area is 180 Å². The van der Waals surface area contributed by atoms with E-state index in [0.717, 1.165) is 60.6 Å². The Hall–Kier alpha value is -3.39. The number of hydrogen-bond donors (Lipinski definition) is 1. The van der Waals surface area contributed by atoms with Gasteiger partial charge in [-0.1, -0.05) is 6.07 Å². The summed E-state index contributed by atoms with van der Waals surface area (Å²) in [6.45, 7) is 3.86. The summed E-state index contributed by atoms with van der Waals surface area (Å²) in [6, 6.07) is 6.22. The van der Waals surface area contributed by atoms with E-state index in [-0.39, 0.29) is 11.5 Å². The van der Waals surface area contributed by atoms with Gasteiger partial charge >= 0.3 is 0 Å². The summed E-state index contributed by atoms with van der Waals surface area (Å²) >= 11 is 0. The quantitative estimate of drug-likeness (QED) is 0.540. The summed E-state index contributed by atoms with van der Waals surface area (Å²) in [5.41, 5.74) is 13.0. The van der Waals surface area contributed by atoms with Gasteiger partial charge in [0.05, 0.1) is 17.6 Å². The number of rotatable bonds is 2. The third kappa shape index (κ3) is 2.75. The molecule has 1 atom stereocenters. The highest BCUT2D eigenvalue weighted by Gasteiger charge is 2.46. The molecule has 1 fully saturated rings. The van der Waals surface area contributed by atoms with Gasteiger partial charge in [-0.2, -0.15) is 5.10 Å². The third-order valence-corrected chi connectivity index (χ3v) is 7.03. The Balaban J connectivity index is 1.33. The van der Waals surface area contributed by atoms with E-state index in [1.807, 2.05) is 36.0 Å². The minimum Gasteiger partial charge on any atom is -0.355 e. The van der Waals surface area contributed by atoms with Crippen LogP contribution in [0.1, 0.15) is 35.8 Å². The monoisotopic (exact) mass is 412 g/mol. The SMILES string of the molecule is Cc1nc(N2CCC3(CC2)Cc2ncccc2[C@H]3N)c2ccnn2c1-c1cncnc1. The molecule has 0 unspecified atom stereocenters. The Kier molecular flexibility index (Phi) is 4.04. The van der Waals surface area contributed by atoms with E-state index >= 15 is 0 Å². The predicted octanol–water partition coefficient (Wildman–Crippen LogP) is 2.73. The van der Waals surface area contributed by atoms with E-state index < -0.39 is 0 Å². The topological polar surface area (TPSA) is 98.1 Å². The fourth-order valence-corrected chi connectivity index (χ4v) is 5.36. The number of fused-ring (bicyclic) bond motifs is 2. The van der Waals surface area contributed by atoms with Gasteiger partial charge in [-0.15, -0.1) is 0 Å². The number of aryl methyl sites for hydroxylation is 1. The molecule has 1 spiro atoms. The zero-order chi connectivity index (χ0) is 21.0. The Morgan fingerprint density at radius 2 is 1.90 bits per heavy atom. The Morgan fingerprint density at radius 1 is 1.10 bits per heavy atom. The maximum Gasteiger partial charge on any atom is 0.155 e. The molecular weight excluding hydrogens is 388 g/mol. The van der Waals surface area contributed by atoms with Gasteiger partial charge < -0.3 is 10.6 Å². The molecule has 6 rings (SSSR count). The van der Waals surface area contributed by atoms with Crippen molar-refractivity contribution in [1.82, 2.24) is 29.5 Å². The lowest BCUT2D eigenvalue weighted by Gasteiger charge is -2.42. The minimum atomic E-state index is 0.0588. The summed E-state index contributed by atoms with van der Waals surface area (Å²) < 4.78 is 1.96. The van der Waals surface area contributed by atoms with E-state index in [1.165, 1.54) is 17.6 Å². The smallest absolute Gasteiger partial charge is 0.155 e. The summed E-state index contributed by atoms with van der Waals surface area (Å²) in [4.78, 5) is 20.3. The van der Waals surface area contributed by atoms with Crippen molar-refractivity contribution >= 4 is 11.3 Å². The highest BCUT2D eigenvalue weighted by atomic mass is 15.3. The molecule has 2 N–H and O–H groups in total. The normalized spacial score (nSPS) is 19.8. The summed E-state index contributed by atoms with van der Waals surface area (Å²) in [7, 11) is 0. The van der Waals surface area contributed by atoms with Crippen molar-refractivity contribution in [1.29, 1.82) is 0 Å². The van der Waals surface area contributed by atoms with Gasteiger partial charge in [-0.25, -0.2) is 19.5 Å². The van der Waals surface area contributed by atoms with Crippen LogP contribution >= 0.6 is 0 Å². The van der Waals surface area contributed by atoms with Crippen molar-refractivity contribution in [2.75, 3.05) is 18.0 Å². The molecule has 8 nitrogen and oxygen atoms in total. The van der Waals surface area contributed by atoms with Crippen molar-refractivity contribution in [2.24, 2.45) is 11.1 Å². The highest BCUT2D eigenvalue weighted by molar-refractivity contribution is 5.75. The molecule has 156 valence electrons. The Bertz CT molecular complexity index is 1260. The van der Waals surface area contributed by atoms with Crippen LogP contribution in [0.3, 0.4) is 0 Å². The fraction of sp³-hybridized carbons (Fsp3) is 0.348. The van der Waals surface area contributed by atoms with Crippen LogP contribution in [0, 0.1) is 12.3 Å². The standard InChI is InChI=1S/C23H24N8/c1-15-20(16-12-25-14-26-13-16)31-19(4-8-28-31)22(29-15)30-9-5-23(6-10-30)11-18-17(21(23)24)3-2-7-27-18/h2-4,7-8,12-14,21H,5-6,9-11,24H2,1H3/t21-/m1/s1. The van der Waals surface area contributed by atoms with Gasteiger partial charge in [-0.05, 0) is 49.3 Å². The van der Waals surface area contributed by atoms with Crippen LogP contribution < -0.4 is 10.6 Å². The molecule has 5 heterocycles. The van der Waals surface area contributed by atoms with E-state index in [4.69, 9.17) is 10.7 Å². The minimum absolute atomic E-state index is 0.0588. The molecule has 0 amide bonds. The van der Waals surface area contributed by atoms with Gasteiger partial charge in [-0.3, -0.25) is 4.98 Å². The van der Waals surface area contributed by atoms with Crippen LogP contribution in [0.15, 0.2) is 49.3 Å². The number of anilines is 1. The molecule has 0 radical (unpaired) electrons. The summed E-state index contributed by atoms with van der Waals surface area (Å²) in [5, 5.41) is 4.59. The Morgan fingerprint density at radius 3 is 2.68 bits per heavy atom. The number of aromatic nitrogens is 6. The average Bonchev–Trinajstić information content (AvgIpc) is 3.38. The largest absolute Gasteiger partial charge is 0.355 e. The van der Waals surface area contributed by atoms with Crippen LogP contribution in [-0.2, 0) is 6.42 Å². The fourth-order valence-electron chi connectivity index (χ4n) is 5.36. The molecule has 4 aromatic heterocycles. The van der Waals surface area contributed by atoms with Crippen molar-refractivity contribution in [2.45, 2.75) is 32.2 Å². The van der Waals surface area contributed by atoms with Gasteiger partial charge in [0, 0.05) is 49.0 Å². The number of hydrogen-bond acceptors (Lipinski definition) is 7. The molecule has 2 aliphatic rings. The van der Waals surface area contributed by atoms with Crippen LogP contribution in [0.5, 0.6) is 0 Å². The molecule has 4 aromatic rings. The second-order valence-electron chi connectivity index (χ2n) is 8.67. The summed E-state index contributed by atoms with van der Waals surface area (Å²) in [5.74, 6) is 0.979. The molecule has 0 aromatic carbocycles. The maximum atomic E-state index is 6.72. The maximum absolute atomic E-state index is 6.72. The van der Waals surface area contributed by atoms with Gasteiger partial charge in [0.1, 0.15) is 11.8 Å². The van der Waals surface area contributed by atoms with Crippen molar-refractivity contribution in [3.63, 3.8) is 0 Å². The molecule has 1 aliphatic heterocycles. The highest BCUT2D eigenvalue weighted by Crippen LogP contribution is 2.50. The van der Waals surface area contributed by atoms with Crippen molar-refractivity contribution in [3.8, 4) is 11.3 Å². The molecule has 8 heteroatoms. The number of piperidine rings is 1. The molecule has 1 aliphatic carbocycles. The first-order valence-corrected chi connectivity index (χ1v) is 10.7. The van der Waals surface area contributed by atoms with Gasteiger partial charge in [0.15, 0.2) is 5.82 Å². The van der Waals surface area contributed by atoms with Crippen LogP contribution in [0.4, 0.5) is 5.82 Å². The molecule has 0 saturated carbocycles. The number of pyridine rings is 1. The molecule has 1 saturated heterocycles. The van der Waals surface area contributed by atoms with Crippen molar-refractivity contribution in [3.05, 3.63) is 66.3 Å². The van der Waals surface area contributed by atoms with Crippen LogP contribution in [0.25, 0.3) is 16.8 Å². The van der Waals surface area contributed by atoms with Crippen LogP contribution in [-0.4, -0.2) is 42.6 Å². The summed E-state index contributed by atoms with van der Waals surface area (Å²) in [6.07, 6.45) is 11.9. The van der Waals surface area contributed by atoms with E-state index in [0.29, 0.717) is 0 Å². The number of nitrogens with two attached hydrogens (primary N) is 1. The lowest BCUT2D eigenvalue weighted by Crippen LogP contribution is -2.44. The van der Waals surface area contributed by atoms with E-state index in [2.05, 4.69) is 31.0 Å². The second kappa shape index (κ2) is 6.81. The third-order valence-electron chi connectivity index (χ3n) is 7.03. The average molecular weight is 413 g/mol. The first-order chi connectivity index (χ1) is 15.2. The molecule has 0 bridgehead atoms. The molecular formula is C23H24N8. The number of nitrogens with zero attached hydrogens (tertiary/aromatic N) is 7.